The van der Waals surface area contributed by atoms with Gasteiger partial charge in [0.25, 0.3) is 5.89 Å². The standard InChI is InChI=1S/C25H26N8O2/c1-24(2,34)14-33-13-17(11-30-33)22-31-23(32-35-22)25(3,18-4-5-18)19-6-7-20(28-12-19)16-8-15(9-26)21(27)29-10-16/h6-8,10-13,18,34H,4-5,14H2,1-3H3,(H2,27,29). The highest BCUT2D eigenvalue weighted by molar-refractivity contribution is 5.64. The molecule has 0 aromatic carbocycles. The van der Waals surface area contributed by atoms with Gasteiger partial charge in [0, 0.05) is 24.2 Å². The van der Waals surface area contributed by atoms with Gasteiger partial charge in [0.2, 0.25) is 0 Å². The summed E-state index contributed by atoms with van der Waals surface area (Å²) in [6, 6.07) is 7.66. The number of nitriles is 1. The van der Waals surface area contributed by atoms with E-state index >= 15 is 0 Å². The number of nitrogens with two attached hydrogens (primary N) is 1. The van der Waals surface area contributed by atoms with Gasteiger partial charge in [-0.3, -0.25) is 9.67 Å². The molecular formula is C25H26N8O2. The van der Waals surface area contributed by atoms with Crippen molar-refractivity contribution in [3.8, 4) is 28.8 Å². The summed E-state index contributed by atoms with van der Waals surface area (Å²) in [5.41, 5.74) is 7.82. The van der Waals surface area contributed by atoms with Crippen LogP contribution in [0, 0.1) is 17.2 Å². The lowest BCUT2D eigenvalue weighted by molar-refractivity contribution is 0.0577. The third-order valence-corrected chi connectivity index (χ3v) is 6.41. The molecule has 1 aliphatic rings. The Morgan fingerprint density at radius 2 is 1.97 bits per heavy atom. The van der Waals surface area contributed by atoms with E-state index in [9.17, 15) is 10.4 Å². The predicted octanol–water partition coefficient (Wildman–Crippen LogP) is 3.33. The van der Waals surface area contributed by atoms with E-state index in [1.165, 1.54) is 0 Å². The molecule has 0 aliphatic heterocycles. The van der Waals surface area contributed by atoms with Crippen molar-refractivity contribution in [3.63, 3.8) is 0 Å². The van der Waals surface area contributed by atoms with Gasteiger partial charge in [0.05, 0.1) is 40.6 Å². The maximum absolute atomic E-state index is 10.0. The fourth-order valence-electron chi connectivity index (χ4n) is 4.29. The van der Waals surface area contributed by atoms with Gasteiger partial charge in [0.1, 0.15) is 11.9 Å². The Morgan fingerprint density at radius 1 is 1.17 bits per heavy atom. The Kier molecular flexibility index (Phi) is 5.37. The van der Waals surface area contributed by atoms with Crippen LogP contribution in [-0.4, -0.2) is 40.6 Å². The lowest BCUT2D eigenvalue weighted by Gasteiger charge is -2.26. The molecule has 0 bridgehead atoms. The number of anilines is 1. The second-order valence-corrected chi connectivity index (χ2v) is 9.84. The second kappa shape index (κ2) is 8.29. The number of nitrogen functional groups attached to an aromatic ring is 1. The number of pyridine rings is 2. The number of aliphatic hydroxyl groups is 1. The minimum Gasteiger partial charge on any atom is -0.389 e. The molecule has 1 atom stereocenters. The molecule has 0 amide bonds. The number of hydrogen-bond acceptors (Lipinski definition) is 9. The van der Waals surface area contributed by atoms with Crippen molar-refractivity contribution >= 4 is 5.82 Å². The second-order valence-electron chi connectivity index (χ2n) is 9.84. The molecule has 1 unspecified atom stereocenters. The molecule has 3 N–H and O–H groups in total. The van der Waals surface area contributed by atoms with E-state index in [-0.39, 0.29) is 5.82 Å². The Hall–Kier alpha value is -4.10. The Labute approximate surface area is 202 Å². The molecule has 0 radical (unpaired) electrons. The van der Waals surface area contributed by atoms with Crippen LogP contribution in [-0.2, 0) is 12.0 Å². The summed E-state index contributed by atoms with van der Waals surface area (Å²) in [7, 11) is 0. The van der Waals surface area contributed by atoms with Gasteiger partial charge in [-0.25, -0.2) is 4.98 Å². The summed E-state index contributed by atoms with van der Waals surface area (Å²) in [4.78, 5) is 13.5. The molecule has 1 aliphatic carbocycles. The maximum atomic E-state index is 10.0. The number of rotatable bonds is 7. The smallest absolute Gasteiger partial charge is 0.261 e. The van der Waals surface area contributed by atoms with E-state index in [4.69, 9.17) is 15.2 Å². The van der Waals surface area contributed by atoms with E-state index in [1.54, 1.807) is 43.2 Å². The summed E-state index contributed by atoms with van der Waals surface area (Å²) in [6.45, 7) is 5.93. The molecule has 10 nitrogen and oxygen atoms in total. The molecule has 10 heteroatoms. The highest BCUT2D eigenvalue weighted by Gasteiger charge is 2.47. The van der Waals surface area contributed by atoms with Crippen LogP contribution in [0.4, 0.5) is 5.82 Å². The zero-order valence-electron chi connectivity index (χ0n) is 19.8. The van der Waals surface area contributed by atoms with Gasteiger partial charge in [0.15, 0.2) is 5.82 Å². The average Bonchev–Trinajstić information content (AvgIpc) is 3.39. The minimum absolute atomic E-state index is 0.202. The number of nitrogens with zero attached hydrogens (tertiary/aromatic N) is 7. The van der Waals surface area contributed by atoms with E-state index in [0.29, 0.717) is 41.0 Å². The molecule has 178 valence electrons. The summed E-state index contributed by atoms with van der Waals surface area (Å²) >= 11 is 0. The molecule has 1 saturated carbocycles. The summed E-state index contributed by atoms with van der Waals surface area (Å²) in [6.07, 6.45) is 9.02. The van der Waals surface area contributed by atoms with Crippen molar-refractivity contribution in [1.82, 2.24) is 29.9 Å². The topological polar surface area (TPSA) is 153 Å². The zero-order chi connectivity index (χ0) is 24.8. The maximum Gasteiger partial charge on any atom is 0.261 e. The first-order valence-electron chi connectivity index (χ1n) is 11.4. The van der Waals surface area contributed by atoms with E-state index in [2.05, 4.69) is 33.2 Å². The van der Waals surface area contributed by atoms with Crippen molar-refractivity contribution in [2.24, 2.45) is 5.92 Å². The normalized spacial score (nSPS) is 15.5. The van der Waals surface area contributed by atoms with Gasteiger partial charge in [-0.1, -0.05) is 11.2 Å². The van der Waals surface area contributed by atoms with Crippen molar-refractivity contribution in [3.05, 3.63) is 59.9 Å². The van der Waals surface area contributed by atoms with Crippen LogP contribution in [0.1, 0.15) is 50.6 Å². The zero-order valence-corrected chi connectivity index (χ0v) is 19.8. The highest BCUT2D eigenvalue weighted by Crippen LogP contribution is 2.50. The van der Waals surface area contributed by atoms with Crippen molar-refractivity contribution < 1.29 is 9.63 Å². The average molecular weight is 471 g/mol. The van der Waals surface area contributed by atoms with Crippen LogP contribution in [0.15, 0.2) is 47.5 Å². The molecule has 0 spiro atoms. The van der Waals surface area contributed by atoms with Crippen LogP contribution in [0.25, 0.3) is 22.7 Å². The number of hydrogen-bond donors (Lipinski definition) is 2. The fraction of sp³-hybridized carbons (Fsp3) is 0.360. The first-order chi connectivity index (χ1) is 16.7. The van der Waals surface area contributed by atoms with Gasteiger partial charge in [-0.05, 0) is 57.2 Å². The molecule has 4 aromatic rings. The fourth-order valence-corrected chi connectivity index (χ4v) is 4.29. The lowest BCUT2D eigenvalue weighted by atomic mass is 9.77. The van der Waals surface area contributed by atoms with Gasteiger partial charge in [-0.2, -0.15) is 15.3 Å². The Balaban J connectivity index is 1.44. The van der Waals surface area contributed by atoms with Crippen molar-refractivity contribution in [1.29, 1.82) is 5.26 Å². The SMILES string of the molecule is CC(C)(O)Cn1cc(-c2nc(C(C)(c3ccc(-c4cnc(N)c(C#N)c4)nc3)C3CC3)no2)cn1. The lowest BCUT2D eigenvalue weighted by Crippen LogP contribution is -2.28. The van der Waals surface area contributed by atoms with Gasteiger partial charge < -0.3 is 15.4 Å². The first kappa shape index (κ1) is 22.7. The number of aromatic nitrogens is 6. The largest absolute Gasteiger partial charge is 0.389 e. The Bertz CT molecular complexity index is 1410. The molecular weight excluding hydrogens is 444 g/mol. The summed E-state index contributed by atoms with van der Waals surface area (Å²) in [5.74, 6) is 1.56. The van der Waals surface area contributed by atoms with Crippen LogP contribution in [0.2, 0.25) is 0 Å². The molecule has 0 saturated heterocycles. The van der Waals surface area contributed by atoms with Crippen LogP contribution in [0.5, 0.6) is 0 Å². The molecule has 5 rings (SSSR count). The molecule has 35 heavy (non-hydrogen) atoms. The quantitative estimate of drug-likeness (QED) is 0.414. The summed E-state index contributed by atoms with van der Waals surface area (Å²) in [5, 5.41) is 27.9. The first-order valence-corrected chi connectivity index (χ1v) is 11.4. The monoisotopic (exact) mass is 470 g/mol. The summed E-state index contributed by atoms with van der Waals surface area (Å²) < 4.78 is 7.28. The molecule has 4 heterocycles. The predicted molar refractivity (Wildman–Crippen MR) is 128 cm³/mol. The third kappa shape index (κ3) is 4.38. The van der Waals surface area contributed by atoms with Crippen LogP contribution >= 0.6 is 0 Å². The minimum atomic E-state index is -0.883. The third-order valence-electron chi connectivity index (χ3n) is 6.41. The van der Waals surface area contributed by atoms with Gasteiger partial charge >= 0.3 is 0 Å². The molecule has 1 fully saturated rings. The van der Waals surface area contributed by atoms with E-state index in [0.717, 1.165) is 24.0 Å². The molecule has 4 aromatic heterocycles. The van der Waals surface area contributed by atoms with E-state index in [1.807, 2.05) is 18.3 Å². The highest BCUT2D eigenvalue weighted by atomic mass is 16.5. The Morgan fingerprint density at radius 3 is 2.63 bits per heavy atom. The van der Waals surface area contributed by atoms with Crippen LogP contribution in [0.3, 0.4) is 0 Å². The van der Waals surface area contributed by atoms with Crippen LogP contribution < -0.4 is 5.73 Å². The van der Waals surface area contributed by atoms with Crippen molar-refractivity contribution in [2.45, 2.75) is 51.2 Å². The van der Waals surface area contributed by atoms with E-state index < -0.39 is 11.0 Å². The van der Waals surface area contributed by atoms with Crippen molar-refractivity contribution in [2.75, 3.05) is 5.73 Å². The van der Waals surface area contributed by atoms with Gasteiger partial charge in [-0.15, -0.1) is 0 Å².